The van der Waals surface area contributed by atoms with Crippen LogP contribution in [0, 0.1) is 0 Å². The highest BCUT2D eigenvalue weighted by Crippen LogP contribution is 2.23. The maximum absolute atomic E-state index is 12.3. The van der Waals surface area contributed by atoms with E-state index >= 15 is 0 Å². The van der Waals surface area contributed by atoms with E-state index in [4.69, 9.17) is 27.2 Å². The molecule has 2 rings (SSSR count). The third-order valence-electron chi connectivity index (χ3n) is 3.35. The topological polar surface area (TPSA) is 89.6 Å². The van der Waals surface area contributed by atoms with Gasteiger partial charge in [-0.05, 0) is 23.3 Å². The van der Waals surface area contributed by atoms with E-state index in [1.54, 1.807) is 24.3 Å². The highest BCUT2D eigenvalue weighted by Gasteiger charge is 2.33. The second-order valence-electron chi connectivity index (χ2n) is 4.99. The lowest BCUT2D eigenvalue weighted by molar-refractivity contribution is -0.152. The predicted molar refractivity (Wildman–Crippen MR) is 86.0 cm³/mol. The zero-order valence-corrected chi connectivity index (χ0v) is 12.9. The van der Waals surface area contributed by atoms with Crippen molar-refractivity contribution in [3.05, 3.63) is 70.7 Å². The second kappa shape index (κ2) is 7.76. The van der Waals surface area contributed by atoms with E-state index in [0.29, 0.717) is 10.6 Å². The molecule has 0 radical (unpaired) electrons. The Hall–Kier alpha value is -2.37. The van der Waals surface area contributed by atoms with Gasteiger partial charge in [0, 0.05) is 5.02 Å². The van der Waals surface area contributed by atoms with Crippen LogP contribution in [0.2, 0.25) is 5.02 Å². The molecule has 0 saturated heterocycles. The first-order chi connectivity index (χ1) is 11.0. The molecule has 3 N–H and O–H groups in total. The van der Waals surface area contributed by atoms with Crippen LogP contribution in [0.25, 0.3) is 0 Å². The summed E-state index contributed by atoms with van der Waals surface area (Å²) in [5, 5.41) is 9.62. The van der Waals surface area contributed by atoms with Crippen LogP contribution in [0.3, 0.4) is 0 Å². The summed E-state index contributed by atoms with van der Waals surface area (Å²) in [6.07, 6.45) is 0. The average molecular weight is 334 g/mol. The molecule has 0 saturated carbocycles. The third-order valence-corrected chi connectivity index (χ3v) is 3.60. The lowest BCUT2D eigenvalue weighted by Gasteiger charge is -2.20. The van der Waals surface area contributed by atoms with Crippen molar-refractivity contribution in [1.82, 2.24) is 0 Å². The molecule has 0 aliphatic rings. The Morgan fingerprint density at radius 2 is 1.70 bits per heavy atom. The molecule has 2 atom stereocenters. The van der Waals surface area contributed by atoms with Crippen molar-refractivity contribution in [2.24, 2.45) is 5.73 Å². The minimum Gasteiger partial charge on any atom is -0.480 e. The van der Waals surface area contributed by atoms with Gasteiger partial charge in [-0.25, -0.2) is 0 Å². The Balaban J connectivity index is 2.17. The Morgan fingerprint density at radius 1 is 1.09 bits per heavy atom. The van der Waals surface area contributed by atoms with E-state index in [9.17, 15) is 9.59 Å². The molecule has 5 nitrogen and oxygen atoms in total. The SMILES string of the molecule is N[C@H](C(=O)O)[C@@H](C(=O)OCc1ccccc1)c1ccc(Cl)cc1. The zero-order chi connectivity index (χ0) is 16.8. The summed E-state index contributed by atoms with van der Waals surface area (Å²) < 4.78 is 5.23. The van der Waals surface area contributed by atoms with E-state index in [1.165, 1.54) is 0 Å². The minimum absolute atomic E-state index is 0.0517. The number of halogens is 1. The molecular formula is C17H16ClNO4. The monoisotopic (exact) mass is 333 g/mol. The summed E-state index contributed by atoms with van der Waals surface area (Å²) in [4.78, 5) is 23.6. The Bertz CT molecular complexity index is 673. The fourth-order valence-electron chi connectivity index (χ4n) is 2.12. The van der Waals surface area contributed by atoms with Gasteiger partial charge in [0.1, 0.15) is 18.6 Å². The quantitative estimate of drug-likeness (QED) is 0.793. The maximum atomic E-state index is 12.3. The van der Waals surface area contributed by atoms with Gasteiger partial charge in [0.2, 0.25) is 0 Å². The molecule has 23 heavy (non-hydrogen) atoms. The summed E-state index contributed by atoms with van der Waals surface area (Å²) in [6, 6.07) is 14.0. The molecular weight excluding hydrogens is 318 g/mol. The summed E-state index contributed by atoms with van der Waals surface area (Å²) in [5.41, 5.74) is 6.92. The van der Waals surface area contributed by atoms with Gasteiger partial charge in [-0.15, -0.1) is 0 Å². The zero-order valence-electron chi connectivity index (χ0n) is 12.2. The van der Waals surface area contributed by atoms with E-state index in [2.05, 4.69) is 0 Å². The molecule has 0 unspecified atom stereocenters. The summed E-state index contributed by atoms with van der Waals surface area (Å²) in [5.74, 6) is -3.07. The molecule has 0 aliphatic heterocycles. The number of carboxylic acids is 1. The molecule has 120 valence electrons. The number of hydrogen-bond acceptors (Lipinski definition) is 4. The fraction of sp³-hybridized carbons (Fsp3) is 0.176. The first-order valence-corrected chi connectivity index (χ1v) is 7.31. The average Bonchev–Trinajstić information content (AvgIpc) is 2.55. The van der Waals surface area contributed by atoms with Gasteiger partial charge in [-0.1, -0.05) is 54.1 Å². The molecule has 2 aromatic carbocycles. The molecule has 0 amide bonds. The van der Waals surface area contributed by atoms with Crippen LogP contribution in [-0.2, 0) is 20.9 Å². The number of aliphatic carboxylic acids is 1. The number of esters is 1. The van der Waals surface area contributed by atoms with Crippen LogP contribution < -0.4 is 5.73 Å². The Morgan fingerprint density at radius 3 is 2.26 bits per heavy atom. The number of hydrogen-bond donors (Lipinski definition) is 2. The number of ether oxygens (including phenoxy) is 1. The lowest BCUT2D eigenvalue weighted by Crippen LogP contribution is -2.41. The number of benzene rings is 2. The minimum atomic E-state index is -1.40. The Kier molecular flexibility index (Phi) is 5.73. The first-order valence-electron chi connectivity index (χ1n) is 6.93. The number of carbonyl (C=O) groups excluding carboxylic acids is 1. The van der Waals surface area contributed by atoms with Gasteiger partial charge in [0.15, 0.2) is 0 Å². The van der Waals surface area contributed by atoms with Crippen LogP contribution in [-0.4, -0.2) is 23.1 Å². The molecule has 0 fully saturated rings. The van der Waals surface area contributed by atoms with E-state index < -0.39 is 23.9 Å². The molecule has 0 aromatic heterocycles. The molecule has 6 heteroatoms. The van der Waals surface area contributed by atoms with Gasteiger partial charge in [-0.2, -0.15) is 0 Å². The van der Waals surface area contributed by atoms with Crippen molar-refractivity contribution >= 4 is 23.5 Å². The standard InChI is InChI=1S/C17H16ClNO4/c18-13-8-6-12(7-9-13)14(15(19)16(20)21)17(22)23-10-11-4-2-1-3-5-11/h1-9,14-15H,10,19H2,(H,20,21)/t14-,15-/m0/s1. The van der Waals surface area contributed by atoms with Crippen molar-refractivity contribution < 1.29 is 19.4 Å². The molecule has 0 heterocycles. The number of rotatable bonds is 6. The van der Waals surface area contributed by atoms with Crippen molar-refractivity contribution in [1.29, 1.82) is 0 Å². The van der Waals surface area contributed by atoms with Crippen molar-refractivity contribution in [2.45, 2.75) is 18.6 Å². The van der Waals surface area contributed by atoms with Crippen LogP contribution in [0.4, 0.5) is 0 Å². The third kappa shape index (κ3) is 4.55. The molecule has 0 bridgehead atoms. The highest BCUT2D eigenvalue weighted by atomic mass is 35.5. The van der Waals surface area contributed by atoms with Crippen molar-refractivity contribution in [3.8, 4) is 0 Å². The number of carboxylic acid groups (broad SMARTS) is 1. The maximum Gasteiger partial charge on any atom is 0.321 e. The fourth-order valence-corrected chi connectivity index (χ4v) is 2.25. The lowest BCUT2D eigenvalue weighted by atomic mass is 9.92. The first kappa shape index (κ1) is 17.0. The van der Waals surface area contributed by atoms with Gasteiger partial charge in [0.05, 0.1) is 0 Å². The van der Waals surface area contributed by atoms with Gasteiger partial charge >= 0.3 is 11.9 Å². The number of nitrogens with two attached hydrogens (primary N) is 1. The van der Waals surface area contributed by atoms with Gasteiger partial charge < -0.3 is 15.6 Å². The van der Waals surface area contributed by atoms with Gasteiger partial charge in [0.25, 0.3) is 0 Å². The van der Waals surface area contributed by atoms with E-state index in [1.807, 2.05) is 30.3 Å². The van der Waals surface area contributed by atoms with Crippen molar-refractivity contribution in [3.63, 3.8) is 0 Å². The smallest absolute Gasteiger partial charge is 0.321 e. The number of carbonyl (C=O) groups is 2. The normalized spacial score (nSPS) is 13.1. The molecule has 0 spiro atoms. The molecule has 2 aromatic rings. The largest absolute Gasteiger partial charge is 0.480 e. The van der Waals surface area contributed by atoms with Crippen LogP contribution >= 0.6 is 11.6 Å². The van der Waals surface area contributed by atoms with Crippen LogP contribution in [0.1, 0.15) is 17.0 Å². The van der Waals surface area contributed by atoms with Crippen molar-refractivity contribution in [2.75, 3.05) is 0 Å². The highest BCUT2D eigenvalue weighted by molar-refractivity contribution is 6.30. The summed E-state index contributed by atoms with van der Waals surface area (Å²) in [6.45, 7) is 0.0517. The van der Waals surface area contributed by atoms with Crippen LogP contribution in [0.15, 0.2) is 54.6 Å². The predicted octanol–water partition coefficient (Wildman–Crippen LogP) is 2.58. The summed E-state index contributed by atoms with van der Waals surface area (Å²) >= 11 is 5.82. The summed E-state index contributed by atoms with van der Waals surface area (Å²) in [7, 11) is 0. The molecule has 0 aliphatic carbocycles. The van der Waals surface area contributed by atoms with E-state index in [-0.39, 0.29) is 6.61 Å². The van der Waals surface area contributed by atoms with E-state index in [0.717, 1.165) is 5.56 Å². The second-order valence-corrected chi connectivity index (χ2v) is 5.42. The Labute approximate surface area is 138 Å². The van der Waals surface area contributed by atoms with Crippen LogP contribution in [0.5, 0.6) is 0 Å². The van der Waals surface area contributed by atoms with Gasteiger partial charge in [-0.3, -0.25) is 9.59 Å².